The van der Waals surface area contributed by atoms with Crippen molar-refractivity contribution < 1.29 is 23.7 Å². The number of methoxy groups -OCH3 is 2. The van der Waals surface area contributed by atoms with Crippen molar-refractivity contribution in [1.82, 2.24) is 9.88 Å². The van der Waals surface area contributed by atoms with Gasteiger partial charge in [0.05, 0.1) is 32.1 Å². The first-order valence-electron chi connectivity index (χ1n) is 11.4. The summed E-state index contributed by atoms with van der Waals surface area (Å²) in [7, 11) is 3.22. The van der Waals surface area contributed by atoms with Crippen molar-refractivity contribution >= 4 is 45.0 Å². The van der Waals surface area contributed by atoms with Crippen molar-refractivity contribution in [3.8, 4) is 17.2 Å². The molecule has 3 aromatic rings. The molecule has 190 valence electrons. The van der Waals surface area contributed by atoms with Crippen LogP contribution in [0.5, 0.6) is 17.2 Å². The van der Waals surface area contributed by atoms with E-state index in [0.29, 0.717) is 28.9 Å². The average molecular weight is 522 g/mol. The molecular weight excluding hydrogens is 490 g/mol. The van der Waals surface area contributed by atoms with E-state index in [1.54, 1.807) is 25.2 Å². The number of hydrogen-bond acceptors (Lipinski definition) is 8. The summed E-state index contributed by atoms with van der Waals surface area (Å²) >= 11 is 1.51. The Balaban J connectivity index is 0.00000342. The van der Waals surface area contributed by atoms with Crippen LogP contribution in [0.1, 0.15) is 12.0 Å². The maximum atomic E-state index is 13.4. The Bertz CT molecular complexity index is 1120. The van der Waals surface area contributed by atoms with Gasteiger partial charge in [-0.25, -0.2) is 4.98 Å². The second-order valence-electron chi connectivity index (χ2n) is 8.05. The third-order valence-corrected chi connectivity index (χ3v) is 7.04. The number of amides is 1. The van der Waals surface area contributed by atoms with Crippen LogP contribution in [-0.4, -0.2) is 76.0 Å². The van der Waals surface area contributed by atoms with Crippen LogP contribution in [0.2, 0.25) is 0 Å². The molecule has 0 aliphatic carbocycles. The van der Waals surface area contributed by atoms with Crippen LogP contribution in [0.25, 0.3) is 10.2 Å². The van der Waals surface area contributed by atoms with E-state index in [4.69, 9.17) is 23.9 Å². The number of morpholine rings is 1. The van der Waals surface area contributed by atoms with Crippen LogP contribution in [0, 0.1) is 6.92 Å². The molecule has 4 rings (SSSR count). The fraction of sp³-hybridized carbons (Fsp3) is 0.440. The molecule has 0 atom stereocenters. The molecule has 1 aliphatic rings. The molecule has 1 aliphatic heterocycles. The van der Waals surface area contributed by atoms with Crippen molar-refractivity contribution in [3.63, 3.8) is 0 Å². The number of aryl methyl sites for hydroxylation is 1. The summed E-state index contributed by atoms with van der Waals surface area (Å²) in [6.45, 7) is 6.73. The Hall–Kier alpha value is -2.59. The number of para-hydroxylation sites is 2. The molecule has 2 heterocycles. The quantitative estimate of drug-likeness (QED) is 0.396. The first-order chi connectivity index (χ1) is 16.6. The third kappa shape index (κ3) is 6.55. The van der Waals surface area contributed by atoms with Gasteiger partial charge in [0.1, 0.15) is 11.3 Å². The standard InChI is InChI=1S/C25H31N3O5S.ClH/c1-18-9-10-21(31-3)23-24(18)34-25(26-23)28(12-6-11-27-13-15-32-16-14-27)22(29)17-33-20-8-5-4-7-19(20)30-2;/h4-5,7-10H,6,11-17H2,1-3H3;1H. The highest BCUT2D eigenvalue weighted by Crippen LogP contribution is 2.36. The molecular formula is C25H32ClN3O5S. The first-order valence-corrected chi connectivity index (χ1v) is 12.2. The van der Waals surface area contributed by atoms with Crippen LogP contribution < -0.4 is 19.1 Å². The normalized spacial score (nSPS) is 13.8. The number of aromatic nitrogens is 1. The maximum Gasteiger partial charge on any atom is 0.266 e. The van der Waals surface area contributed by atoms with Gasteiger partial charge in [0.2, 0.25) is 0 Å². The zero-order chi connectivity index (χ0) is 23.9. The van der Waals surface area contributed by atoms with E-state index in [2.05, 4.69) is 4.90 Å². The van der Waals surface area contributed by atoms with Crippen molar-refractivity contribution in [2.24, 2.45) is 0 Å². The van der Waals surface area contributed by atoms with Crippen LogP contribution in [0.4, 0.5) is 5.13 Å². The summed E-state index contributed by atoms with van der Waals surface area (Å²) in [6, 6.07) is 11.2. The molecule has 1 fully saturated rings. The van der Waals surface area contributed by atoms with Gasteiger partial charge in [0, 0.05) is 26.2 Å². The molecule has 0 radical (unpaired) electrons. The van der Waals surface area contributed by atoms with Crippen LogP contribution in [0.15, 0.2) is 36.4 Å². The van der Waals surface area contributed by atoms with Crippen LogP contribution in [-0.2, 0) is 9.53 Å². The molecule has 0 N–H and O–H groups in total. The number of fused-ring (bicyclic) bond motifs is 1. The second-order valence-corrected chi connectivity index (χ2v) is 9.03. The highest BCUT2D eigenvalue weighted by molar-refractivity contribution is 7.22. The molecule has 10 heteroatoms. The average Bonchev–Trinajstić information content (AvgIpc) is 3.32. The van der Waals surface area contributed by atoms with E-state index in [9.17, 15) is 4.79 Å². The number of carbonyl (C=O) groups excluding carboxylic acids is 1. The smallest absolute Gasteiger partial charge is 0.266 e. The van der Waals surface area contributed by atoms with Crippen molar-refractivity contribution in [2.75, 3.05) is 65.1 Å². The molecule has 35 heavy (non-hydrogen) atoms. The zero-order valence-corrected chi connectivity index (χ0v) is 22.0. The summed E-state index contributed by atoms with van der Waals surface area (Å²) in [5.74, 6) is 1.68. The molecule has 0 bridgehead atoms. The van der Waals surface area contributed by atoms with Gasteiger partial charge in [-0.1, -0.05) is 29.5 Å². The Kier molecular flexibility index (Phi) is 9.97. The number of rotatable bonds is 10. The topological polar surface area (TPSA) is 73.4 Å². The van der Waals surface area contributed by atoms with Crippen molar-refractivity contribution in [3.05, 3.63) is 42.0 Å². The second kappa shape index (κ2) is 12.9. The van der Waals surface area contributed by atoms with Crippen LogP contribution >= 0.6 is 23.7 Å². The predicted octanol–water partition coefficient (Wildman–Crippen LogP) is 4.18. The Morgan fingerprint density at radius 1 is 1.09 bits per heavy atom. The monoisotopic (exact) mass is 521 g/mol. The zero-order valence-electron chi connectivity index (χ0n) is 20.3. The van der Waals surface area contributed by atoms with Gasteiger partial charge in [-0.05, 0) is 37.1 Å². The largest absolute Gasteiger partial charge is 0.494 e. The lowest BCUT2D eigenvalue weighted by Crippen LogP contribution is -2.40. The number of carbonyl (C=O) groups is 1. The van der Waals surface area contributed by atoms with Gasteiger partial charge in [-0.15, -0.1) is 12.4 Å². The van der Waals surface area contributed by atoms with Gasteiger partial charge >= 0.3 is 0 Å². The summed E-state index contributed by atoms with van der Waals surface area (Å²) in [6.07, 6.45) is 0.826. The lowest BCUT2D eigenvalue weighted by molar-refractivity contribution is -0.120. The lowest BCUT2D eigenvalue weighted by atomic mass is 10.2. The van der Waals surface area contributed by atoms with Crippen molar-refractivity contribution in [2.45, 2.75) is 13.3 Å². The van der Waals surface area contributed by atoms with Crippen LogP contribution in [0.3, 0.4) is 0 Å². The summed E-state index contributed by atoms with van der Waals surface area (Å²) in [4.78, 5) is 22.3. The minimum Gasteiger partial charge on any atom is -0.494 e. The fourth-order valence-corrected chi connectivity index (χ4v) is 5.03. The molecule has 1 aromatic heterocycles. The fourth-order valence-electron chi connectivity index (χ4n) is 3.94. The van der Waals surface area contributed by atoms with E-state index in [-0.39, 0.29) is 24.9 Å². The molecule has 1 amide bonds. The number of hydrogen-bond donors (Lipinski definition) is 0. The molecule has 0 saturated carbocycles. The Morgan fingerprint density at radius 2 is 1.80 bits per heavy atom. The number of benzene rings is 2. The summed E-state index contributed by atoms with van der Waals surface area (Å²) in [5.41, 5.74) is 1.88. The van der Waals surface area contributed by atoms with Gasteiger partial charge in [0.15, 0.2) is 23.2 Å². The van der Waals surface area contributed by atoms with Gasteiger partial charge in [0.25, 0.3) is 5.91 Å². The van der Waals surface area contributed by atoms with Crippen molar-refractivity contribution in [1.29, 1.82) is 0 Å². The highest BCUT2D eigenvalue weighted by atomic mass is 35.5. The molecule has 8 nitrogen and oxygen atoms in total. The molecule has 0 spiro atoms. The summed E-state index contributed by atoms with van der Waals surface area (Å²) in [5, 5.41) is 0.651. The number of ether oxygens (including phenoxy) is 4. The van der Waals surface area contributed by atoms with E-state index < -0.39 is 0 Å². The maximum absolute atomic E-state index is 13.4. The first kappa shape index (κ1) is 27.0. The molecule has 1 saturated heterocycles. The minimum atomic E-state index is -0.149. The minimum absolute atomic E-state index is 0. The Morgan fingerprint density at radius 3 is 2.51 bits per heavy atom. The third-order valence-electron chi connectivity index (χ3n) is 5.82. The SMILES string of the molecule is COc1ccccc1OCC(=O)N(CCCN1CCOCC1)c1nc2c(OC)ccc(C)c2s1.Cl. The number of nitrogens with zero attached hydrogens (tertiary/aromatic N) is 3. The number of anilines is 1. The van der Waals surface area contributed by atoms with E-state index >= 15 is 0 Å². The molecule has 2 aromatic carbocycles. The molecule has 0 unspecified atom stereocenters. The number of thiazole rings is 1. The van der Waals surface area contributed by atoms with E-state index in [1.807, 2.05) is 37.3 Å². The van der Waals surface area contributed by atoms with Gasteiger partial charge < -0.3 is 18.9 Å². The summed E-state index contributed by atoms with van der Waals surface area (Å²) < 4.78 is 23.2. The van der Waals surface area contributed by atoms with E-state index in [1.165, 1.54) is 11.3 Å². The Labute approximate surface area is 216 Å². The highest BCUT2D eigenvalue weighted by Gasteiger charge is 2.23. The van der Waals surface area contributed by atoms with E-state index in [0.717, 1.165) is 55.0 Å². The predicted molar refractivity (Wildman–Crippen MR) is 141 cm³/mol. The van der Waals surface area contributed by atoms with Gasteiger partial charge in [-0.3, -0.25) is 14.6 Å². The lowest BCUT2D eigenvalue weighted by Gasteiger charge is -2.27. The van der Waals surface area contributed by atoms with Gasteiger partial charge in [-0.2, -0.15) is 0 Å². The number of halogens is 1.